The van der Waals surface area contributed by atoms with Crippen LogP contribution in [0.5, 0.6) is 0 Å². The number of halogens is 1. The second kappa shape index (κ2) is 6.21. The van der Waals surface area contributed by atoms with E-state index in [2.05, 4.69) is 16.0 Å². The van der Waals surface area contributed by atoms with Gasteiger partial charge in [-0.2, -0.15) is 0 Å². The Morgan fingerprint density at radius 3 is 2.57 bits per heavy atom. The molecule has 4 N–H and O–H groups in total. The minimum absolute atomic E-state index is 0.167. The Balaban J connectivity index is 1.84. The molecule has 8 heteroatoms. The van der Waals surface area contributed by atoms with Crippen LogP contribution in [0.4, 0.5) is 14.9 Å². The molecule has 7 nitrogen and oxygen atoms in total. The van der Waals surface area contributed by atoms with Crippen molar-refractivity contribution in [3.8, 4) is 0 Å². The van der Waals surface area contributed by atoms with Gasteiger partial charge in [0.25, 0.3) is 0 Å². The van der Waals surface area contributed by atoms with Crippen molar-refractivity contribution in [2.75, 3.05) is 11.9 Å². The lowest BCUT2D eigenvalue weighted by Gasteiger charge is -2.09. The predicted octanol–water partition coefficient (Wildman–Crippen LogP) is 0.924. The number of carboxylic acids is 1. The molecule has 1 aromatic carbocycles. The summed E-state index contributed by atoms with van der Waals surface area (Å²) < 4.78 is 13.6. The first kappa shape index (κ1) is 14.8. The average Bonchev–Trinajstić information content (AvgIpc) is 3.22. The first-order valence-electron chi connectivity index (χ1n) is 6.33. The van der Waals surface area contributed by atoms with Crippen LogP contribution in [0.25, 0.3) is 0 Å². The smallest absolute Gasteiger partial charge is 0.335 e. The van der Waals surface area contributed by atoms with E-state index >= 15 is 0 Å². The molecular weight excluding hydrogens is 281 g/mol. The van der Waals surface area contributed by atoms with Crippen LogP contribution in [0, 0.1) is 5.82 Å². The van der Waals surface area contributed by atoms with Crippen molar-refractivity contribution in [3.05, 3.63) is 29.6 Å². The summed E-state index contributed by atoms with van der Waals surface area (Å²) in [5, 5.41) is 15.9. The van der Waals surface area contributed by atoms with Gasteiger partial charge in [0.05, 0.1) is 17.8 Å². The number of urea groups is 1. The molecule has 0 heterocycles. The molecule has 0 spiro atoms. The third kappa shape index (κ3) is 4.44. The standard InChI is InChI=1S/C13H14FN3O4/c14-9-5-7(12(19)20)1-4-10(9)17-13(21)15-6-11(18)16-8-2-3-8/h1,4-5,8H,2-3,6H2,(H,16,18)(H,19,20)(H2,15,17,21). The zero-order chi connectivity index (χ0) is 15.4. The minimum Gasteiger partial charge on any atom is -0.478 e. The molecular formula is C13H14FN3O4. The molecule has 1 aromatic rings. The third-order valence-electron chi connectivity index (χ3n) is 2.82. The zero-order valence-corrected chi connectivity index (χ0v) is 11.0. The van der Waals surface area contributed by atoms with Crippen LogP contribution in [0.15, 0.2) is 18.2 Å². The second-order valence-corrected chi connectivity index (χ2v) is 4.65. The molecule has 0 radical (unpaired) electrons. The Morgan fingerprint density at radius 2 is 2.00 bits per heavy atom. The number of aromatic carboxylic acids is 1. The molecule has 1 aliphatic carbocycles. The predicted molar refractivity (Wildman–Crippen MR) is 71.5 cm³/mol. The van der Waals surface area contributed by atoms with Gasteiger partial charge in [0.15, 0.2) is 0 Å². The highest BCUT2D eigenvalue weighted by molar-refractivity contribution is 5.93. The summed E-state index contributed by atoms with van der Waals surface area (Å²) in [4.78, 5) is 33.5. The van der Waals surface area contributed by atoms with Crippen molar-refractivity contribution in [1.82, 2.24) is 10.6 Å². The molecule has 0 unspecified atom stereocenters. The molecule has 1 fully saturated rings. The SMILES string of the molecule is O=C(CNC(=O)Nc1ccc(C(=O)O)cc1F)NC1CC1. The van der Waals surface area contributed by atoms with E-state index in [1.807, 2.05) is 0 Å². The van der Waals surface area contributed by atoms with Crippen molar-refractivity contribution in [3.63, 3.8) is 0 Å². The summed E-state index contributed by atoms with van der Waals surface area (Å²) in [5.41, 5.74) is -0.387. The third-order valence-corrected chi connectivity index (χ3v) is 2.82. The van der Waals surface area contributed by atoms with Crippen LogP contribution in [-0.4, -0.2) is 35.6 Å². The molecule has 0 aliphatic heterocycles. The van der Waals surface area contributed by atoms with E-state index in [9.17, 15) is 18.8 Å². The van der Waals surface area contributed by atoms with Crippen molar-refractivity contribution >= 4 is 23.6 Å². The molecule has 3 amide bonds. The number of carbonyl (C=O) groups is 3. The van der Waals surface area contributed by atoms with Crippen LogP contribution in [0.1, 0.15) is 23.2 Å². The summed E-state index contributed by atoms with van der Waals surface area (Å²) in [6.45, 7) is -0.211. The fourth-order valence-electron chi connectivity index (χ4n) is 1.58. The number of hydrogen-bond acceptors (Lipinski definition) is 3. The lowest BCUT2D eigenvalue weighted by molar-refractivity contribution is -0.120. The number of carbonyl (C=O) groups excluding carboxylic acids is 2. The summed E-state index contributed by atoms with van der Waals surface area (Å²) in [6.07, 6.45) is 1.89. The maximum absolute atomic E-state index is 13.6. The second-order valence-electron chi connectivity index (χ2n) is 4.65. The van der Waals surface area contributed by atoms with E-state index < -0.39 is 17.8 Å². The van der Waals surface area contributed by atoms with Gasteiger partial charge >= 0.3 is 12.0 Å². The molecule has 0 aromatic heterocycles. The van der Waals surface area contributed by atoms with Crippen LogP contribution in [0.3, 0.4) is 0 Å². The first-order chi connectivity index (χ1) is 9.95. The van der Waals surface area contributed by atoms with E-state index in [4.69, 9.17) is 5.11 Å². The number of rotatable bonds is 5. The average molecular weight is 295 g/mol. The normalized spacial score (nSPS) is 13.4. The fourth-order valence-corrected chi connectivity index (χ4v) is 1.58. The first-order valence-corrected chi connectivity index (χ1v) is 6.33. The number of amides is 3. The number of anilines is 1. The van der Waals surface area contributed by atoms with Gasteiger partial charge in [-0.15, -0.1) is 0 Å². The lowest BCUT2D eigenvalue weighted by Crippen LogP contribution is -2.39. The number of carboxylic acid groups (broad SMARTS) is 1. The van der Waals surface area contributed by atoms with E-state index in [-0.39, 0.29) is 29.7 Å². The van der Waals surface area contributed by atoms with Gasteiger partial charge in [0.2, 0.25) is 5.91 Å². The zero-order valence-electron chi connectivity index (χ0n) is 11.0. The maximum atomic E-state index is 13.6. The monoisotopic (exact) mass is 295 g/mol. The highest BCUT2D eigenvalue weighted by atomic mass is 19.1. The highest BCUT2D eigenvalue weighted by Gasteiger charge is 2.23. The van der Waals surface area contributed by atoms with Crippen LogP contribution < -0.4 is 16.0 Å². The molecule has 0 bridgehead atoms. The topological polar surface area (TPSA) is 108 Å². The summed E-state index contributed by atoms with van der Waals surface area (Å²) in [5.74, 6) is -2.44. The van der Waals surface area contributed by atoms with Crippen LogP contribution >= 0.6 is 0 Å². The van der Waals surface area contributed by atoms with Gasteiger partial charge < -0.3 is 21.1 Å². The minimum atomic E-state index is -1.26. The van der Waals surface area contributed by atoms with E-state index in [1.165, 1.54) is 6.07 Å². The Kier molecular flexibility index (Phi) is 4.36. The van der Waals surface area contributed by atoms with Gasteiger partial charge in [0, 0.05) is 6.04 Å². The van der Waals surface area contributed by atoms with Crippen molar-refractivity contribution in [2.45, 2.75) is 18.9 Å². The van der Waals surface area contributed by atoms with Gasteiger partial charge in [0.1, 0.15) is 5.82 Å². The molecule has 1 saturated carbocycles. The molecule has 0 atom stereocenters. The van der Waals surface area contributed by atoms with E-state index in [1.54, 1.807) is 0 Å². The largest absolute Gasteiger partial charge is 0.478 e. The molecule has 2 rings (SSSR count). The van der Waals surface area contributed by atoms with Crippen LogP contribution in [0.2, 0.25) is 0 Å². The van der Waals surface area contributed by atoms with Gasteiger partial charge in [-0.05, 0) is 31.0 Å². The van der Waals surface area contributed by atoms with Crippen LogP contribution in [-0.2, 0) is 4.79 Å². The Morgan fingerprint density at radius 1 is 1.29 bits per heavy atom. The van der Waals surface area contributed by atoms with Crippen molar-refractivity contribution < 1.29 is 23.9 Å². The summed E-state index contributed by atoms with van der Waals surface area (Å²) in [6, 6.07) is 2.56. The lowest BCUT2D eigenvalue weighted by atomic mass is 10.2. The van der Waals surface area contributed by atoms with E-state index in [0.717, 1.165) is 25.0 Å². The molecule has 21 heavy (non-hydrogen) atoms. The van der Waals surface area contributed by atoms with Gasteiger partial charge in [-0.3, -0.25) is 4.79 Å². The molecule has 1 aliphatic rings. The summed E-state index contributed by atoms with van der Waals surface area (Å²) in [7, 11) is 0. The van der Waals surface area contributed by atoms with E-state index in [0.29, 0.717) is 0 Å². The van der Waals surface area contributed by atoms with Crippen molar-refractivity contribution in [2.24, 2.45) is 0 Å². The van der Waals surface area contributed by atoms with Crippen molar-refractivity contribution in [1.29, 1.82) is 0 Å². The Hall–Kier alpha value is -2.64. The van der Waals surface area contributed by atoms with Gasteiger partial charge in [-0.1, -0.05) is 0 Å². The fraction of sp³-hybridized carbons (Fsp3) is 0.308. The molecule has 0 saturated heterocycles. The summed E-state index contributed by atoms with van der Waals surface area (Å²) >= 11 is 0. The molecule has 112 valence electrons. The Bertz CT molecular complexity index is 587. The maximum Gasteiger partial charge on any atom is 0.335 e. The Labute approximate surface area is 119 Å². The highest BCUT2D eigenvalue weighted by Crippen LogP contribution is 2.18. The van der Waals surface area contributed by atoms with Gasteiger partial charge in [-0.25, -0.2) is 14.0 Å². The number of hydrogen-bond donors (Lipinski definition) is 4. The number of nitrogens with one attached hydrogen (secondary N) is 3. The number of benzene rings is 1. The quantitative estimate of drug-likeness (QED) is 0.648.